The summed E-state index contributed by atoms with van der Waals surface area (Å²) in [5.41, 5.74) is 1.83. The van der Waals surface area contributed by atoms with E-state index in [0.717, 1.165) is 0 Å². The van der Waals surface area contributed by atoms with Crippen molar-refractivity contribution in [2.75, 3.05) is 23.7 Å². The van der Waals surface area contributed by atoms with Crippen LogP contribution in [0.5, 0.6) is 0 Å². The third-order valence-corrected chi connectivity index (χ3v) is 4.91. The highest BCUT2D eigenvalue weighted by atomic mass is 35.5. The van der Waals surface area contributed by atoms with Crippen molar-refractivity contribution < 1.29 is 14.4 Å². The molecular formula is C21H22ClN3O3. The average molecular weight is 400 g/mol. The van der Waals surface area contributed by atoms with Crippen molar-refractivity contribution in [1.29, 1.82) is 0 Å². The van der Waals surface area contributed by atoms with E-state index in [1.165, 1.54) is 6.92 Å². The molecule has 2 aromatic carbocycles. The number of likely N-dealkylation sites (tertiary alicyclic amines) is 1. The molecule has 2 aromatic rings. The molecule has 0 saturated carbocycles. The normalized spacial score (nSPS) is 14.4. The van der Waals surface area contributed by atoms with Crippen LogP contribution in [0.3, 0.4) is 0 Å². The van der Waals surface area contributed by atoms with Crippen LogP contribution in [-0.4, -0.2) is 35.7 Å². The molecule has 1 aliphatic heterocycles. The molecule has 6 nitrogen and oxygen atoms in total. The standard InChI is InChI=1S/C21H22ClN3O3/c1-14(26)23-18-6-3-7-19(13-18)24-20(27)15-8-10-25(11-9-15)21(28)16-4-2-5-17(22)12-16/h2-7,12-13,15H,8-11H2,1H3,(H,23,26)(H,24,27). The fraction of sp³-hybridized carbons (Fsp3) is 0.286. The van der Waals surface area contributed by atoms with Gasteiger partial charge in [0.2, 0.25) is 11.8 Å². The van der Waals surface area contributed by atoms with E-state index in [9.17, 15) is 14.4 Å². The van der Waals surface area contributed by atoms with Crippen LogP contribution in [0.1, 0.15) is 30.1 Å². The lowest BCUT2D eigenvalue weighted by Gasteiger charge is -2.31. The van der Waals surface area contributed by atoms with E-state index in [1.54, 1.807) is 53.4 Å². The fourth-order valence-corrected chi connectivity index (χ4v) is 3.46. The second kappa shape index (κ2) is 8.89. The van der Waals surface area contributed by atoms with E-state index in [-0.39, 0.29) is 23.6 Å². The Morgan fingerprint density at radius 2 is 1.61 bits per heavy atom. The van der Waals surface area contributed by atoms with Crippen molar-refractivity contribution >= 4 is 40.7 Å². The number of anilines is 2. The number of carbonyl (C=O) groups excluding carboxylic acids is 3. The maximum Gasteiger partial charge on any atom is 0.253 e. The van der Waals surface area contributed by atoms with Crippen LogP contribution in [0.4, 0.5) is 11.4 Å². The Morgan fingerprint density at radius 1 is 0.964 bits per heavy atom. The first-order valence-corrected chi connectivity index (χ1v) is 9.53. The first-order valence-electron chi connectivity index (χ1n) is 9.16. The molecule has 0 radical (unpaired) electrons. The minimum absolute atomic E-state index is 0.0654. The lowest BCUT2D eigenvalue weighted by atomic mass is 9.95. The van der Waals surface area contributed by atoms with Crippen LogP contribution >= 0.6 is 11.6 Å². The molecule has 0 atom stereocenters. The molecule has 0 aromatic heterocycles. The number of nitrogens with one attached hydrogen (secondary N) is 2. The summed E-state index contributed by atoms with van der Waals surface area (Å²) in [7, 11) is 0. The molecule has 2 N–H and O–H groups in total. The summed E-state index contributed by atoms with van der Waals surface area (Å²) in [6, 6.07) is 13.9. The Balaban J connectivity index is 1.55. The van der Waals surface area contributed by atoms with Crippen molar-refractivity contribution in [1.82, 2.24) is 4.90 Å². The molecule has 1 heterocycles. The topological polar surface area (TPSA) is 78.5 Å². The van der Waals surface area contributed by atoms with Gasteiger partial charge in [-0.15, -0.1) is 0 Å². The number of amides is 3. The van der Waals surface area contributed by atoms with E-state index < -0.39 is 0 Å². The number of benzene rings is 2. The summed E-state index contributed by atoms with van der Waals surface area (Å²) in [6.45, 7) is 2.48. The molecule has 28 heavy (non-hydrogen) atoms. The van der Waals surface area contributed by atoms with Crippen molar-refractivity contribution in [2.45, 2.75) is 19.8 Å². The van der Waals surface area contributed by atoms with Crippen molar-refractivity contribution in [2.24, 2.45) is 5.92 Å². The molecule has 0 aliphatic carbocycles. The van der Waals surface area contributed by atoms with Crippen LogP contribution in [-0.2, 0) is 9.59 Å². The molecule has 1 aliphatic rings. The molecule has 0 unspecified atom stereocenters. The van der Waals surface area contributed by atoms with Crippen LogP contribution in [0.25, 0.3) is 0 Å². The molecule has 1 fully saturated rings. The van der Waals surface area contributed by atoms with Gasteiger partial charge in [-0.1, -0.05) is 23.7 Å². The van der Waals surface area contributed by atoms with E-state index in [4.69, 9.17) is 11.6 Å². The van der Waals surface area contributed by atoms with Gasteiger partial charge in [0, 0.05) is 47.9 Å². The number of carbonyl (C=O) groups is 3. The van der Waals surface area contributed by atoms with Crippen molar-refractivity contribution in [3.05, 3.63) is 59.1 Å². The molecule has 3 rings (SSSR count). The van der Waals surface area contributed by atoms with Gasteiger partial charge in [0.05, 0.1) is 0 Å². The minimum Gasteiger partial charge on any atom is -0.339 e. The highest BCUT2D eigenvalue weighted by Crippen LogP contribution is 2.23. The van der Waals surface area contributed by atoms with E-state index in [1.807, 2.05) is 0 Å². The molecule has 0 bridgehead atoms. The van der Waals surface area contributed by atoms with Crippen molar-refractivity contribution in [3.63, 3.8) is 0 Å². The van der Waals surface area contributed by atoms with Gasteiger partial charge in [-0.3, -0.25) is 14.4 Å². The lowest BCUT2D eigenvalue weighted by molar-refractivity contribution is -0.121. The zero-order valence-corrected chi connectivity index (χ0v) is 16.3. The van der Waals surface area contributed by atoms with Crippen LogP contribution in [0.15, 0.2) is 48.5 Å². The maximum absolute atomic E-state index is 12.6. The Hall–Kier alpha value is -2.86. The first-order chi connectivity index (χ1) is 13.4. The highest BCUT2D eigenvalue weighted by Gasteiger charge is 2.28. The van der Waals surface area contributed by atoms with Gasteiger partial charge in [-0.05, 0) is 49.2 Å². The van der Waals surface area contributed by atoms with Crippen LogP contribution in [0, 0.1) is 5.92 Å². The summed E-state index contributed by atoms with van der Waals surface area (Å²) in [5.74, 6) is -0.466. The molecule has 146 valence electrons. The van der Waals surface area contributed by atoms with Gasteiger partial charge in [-0.2, -0.15) is 0 Å². The second-order valence-corrected chi connectivity index (χ2v) is 7.26. The van der Waals surface area contributed by atoms with Gasteiger partial charge in [0.15, 0.2) is 0 Å². The van der Waals surface area contributed by atoms with E-state index >= 15 is 0 Å². The van der Waals surface area contributed by atoms with Gasteiger partial charge < -0.3 is 15.5 Å². The number of rotatable bonds is 4. The summed E-state index contributed by atoms with van der Waals surface area (Å²) >= 11 is 5.96. The van der Waals surface area contributed by atoms with E-state index in [0.29, 0.717) is 47.9 Å². The van der Waals surface area contributed by atoms with Gasteiger partial charge >= 0.3 is 0 Å². The first kappa shape index (κ1) is 19.9. The Bertz CT molecular complexity index is 892. The Morgan fingerprint density at radius 3 is 2.25 bits per heavy atom. The molecule has 0 spiro atoms. The Kier molecular flexibility index (Phi) is 6.31. The summed E-state index contributed by atoms with van der Waals surface area (Å²) in [5, 5.41) is 6.12. The summed E-state index contributed by atoms with van der Waals surface area (Å²) in [6.07, 6.45) is 1.20. The number of halogens is 1. The second-order valence-electron chi connectivity index (χ2n) is 6.83. The van der Waals surface area contributed by atoms with Gasteiger partial charge in [0.1, 0.15) is 0 Å². The summed E-state index contributed by atoms with van der Waals surface area (Å²) < 4.78 is 0. The fourth-order valence-electron chi connectivity index (χ4n) is 3.27. The zero-order chi connectivity index (χ0) is 20.1. The van der Waals surface area contributed by atoms with E-state index in [2.05, 4.69) is 10.6 Å². The number of hydrogen-bond donors (Lipinski definition) is 2. The molecule has 3 amide bonds. The molecule has 7 heteroatoms. The predicted molar refractivity (Wildman–Crippen MR) is 109 cm³/mol. The van der Waals surface area contributed by atoms with Gasteiger partial charge in [-0.25, -0.2) is 0 Å². The summed E-state index contributed by atoms with van der Waals surface area (Å²) in [4.78, 5) is 38.1. The number of hydrogen-bond acceptors (Lipinski definition) is 3. The largest absolute Gasteiger partial charge is 0.339 e. The third kappa shape index (κ3) is 5.10. The smallest absolute Gasteiger partial charge is 0.253 e. The van der Waals surface area contributed by atoms with Crippen molar-refractivity contribution in [3.8, 4) is 0 Å². The molecular weight excluding hydrogens is 378 g/mol. The highest BCUT2D eigenvalue weighted by molar-refractivity contribution is 6.30. The minimum atomic E-state index is -0.166. The predicted octanol–water partition coefficient (Wildman–Crippen LogP) is 3.79. The molecule has 1 saturated heterocycles. The maximum atomic E-state index is 12.6. The average Bonchev–Trinajstić information content (AvgIpc) is 2.67. The number of nitrogens with zero attached hydrogens (tertiary/aromatic N) is 1. The SMILES string of the molecule is CC(=O)Nc1cccc(NC(=O)C2CCN(C(=O)c3cccc(Cl)c3)CC2)c1. The van der Waals surface area contributed by atoms with Crippen LogP contribution < -0.4 is 10.6 Å². The quantitative estimate of drug-likeness (QED) is 0.820. The third-order valence-electron chi connectivity index (χ3n) is 4.68. The van der Waals surface area contributed by atoms with Gasteiger partial charge in [0.25, 0.3) is 5.91 Å². The zero-order valence-electron chi connectivity index (χ0n) is 15.6. The lowest BCUT2D eigenvalue weighted by Crippen LogP contribution is -2.41. The number of piperidine rings is 1. The Labute approximate surface area is 168 Å². The monoisotopic (exact) mass is 399 g/mol. The van der Waals surface area contributed by atoms with Crippen LogP contribution in [0.2, 0.25) is 5.02 Å².